The number of amides is 1. The highest BCUT2D eigenvalue weighted by atomic mass is 16.3. The minimum atomic E-state index is -0.564. The van der Waals surface area contributed by atoms with Crippen molar-refractivity contribution in [2.45, 2.75) is 24.9 Å². The van der Waals surface area contributed by atoms with Crippen molar-refractivity contribution in [2.75, 3.05) is 6.54 Å². The Balaban J connectivity index is 1.58. The monoisotopic (exact) mass is 359 g/mol. The van der Waals surface area contributed by atoms with Crippen LogP contribution in [-0.4, -0.2) is 17.6 Å². The van der Waals surface area contributed by atoms with Gasteiger partial charge in [-0.05, 0) is 23.1 Å². The van der Waals surface area contributed by atoms with Crippen LogP contribution in [0.2, 0.25) is 0 Å². The second-order valence-electron chi connectivity index (χ2n) is 6.64. The van der Waals surface area contributed by atoms with Crippen molar-refractivity contribution >= 4 is 5.91 Å². The van der Waals surface area contributed by atoms with E-state index in [0.717, 1.165) is 16.7 Å². The third kappa shape index (κ3) is 5.53. The van der Waals surface area contributed by atoms with E-state index in [4.69, 9.17) is 0 Å². The third-order valence-corrected chi connectivity index (χ3v) is 4.72. The SMILES string of the molecule is O=C(CC(c1ccccc1)c1ccccc1)NCC[C@H](O)c1ccccc1. The third-order valence-electron chi connectivity index (χ3n) is 4.72. The van der Waals surface area contributed by atoms with E-state index in [1.807, 2.05) is 66.7 Å². The Morgan fingerprint density at radius 1 is 0.741 bits per heavy atom. The molecule has 3 aromatic rings. The zero-order chi connectivity index (χ0) is 18.9. The van der Waals surface area contributed by atoms with E-state index in [1.165, 1.54) is 0 Å². The number of carbonyl (C=O) groups excluding carboxylic acids is 1. The van der Waals surface area contributed by atoms with Crippen LogP contribution in [0, 0.1) is 0 Å². The molecule has 0 aliphatic carbocycles. The molecule has 0 saturated carbocycles. The van der Waals surface area contributed by atoms with Crippen molar-refractivity contribution in [3.8, 4) is 0 Å². The van der Waals surface area contributed by atoms with Crippen molar-refractivity contribution < 1.29 is 9.90 Å². The van der Waals surface area contributed by atoms with Gasteiger partial charge >= 0.3 is 0 Å². The molecule has 0 unspecified atom stereocenters. The number of hydrogen-bond acceptors (Lipinski definition) is 2. The van der Waals surface area contributed by atoms with E-state index < -0.39 is 6.10 Å². The number of aliphatic hydroxyl groups excluding tert-OH is 1. The molecule has 0 spiro atoms. The average Bonchev–Trinajstić information content (AvgIpc) is 2.74. The van der Waals surface area contributed by atoms with Gasteiger partial charge in [0.25, 0.3) is 0 Å². The van der Waals surface area contributed by atoms with Crippen molar-refractivity contribution in [1.29, 1.82) is 0 Å². The van der Waals surface area contributed by atoms with E-state index in [0.29, 0.717) is 19.4 Å². The van der Waals surface area contributed by atoms with Crippen molar-refractivity contribution in [2.24, 2.45) is 0 Å². The number of aliphatic hydroxyl groups is 1. The number of benzene rings is 3. The van der Waals surface area contributed by atoms with Crippen LogP contribution < -0.4 is 5.32 Å². The maximum atomic E-state index is 12.5. The highest BCUT2D eigenvalue weighted by Gasteiger charge is 2.18. The van der Waals surface area contributed by atoms with Crippen LogP contribution in [0.5, 0.6) is 0 Å². The van der Waals surface area contributed by atoms with Gasteiger partial charge in [-0.1, -0.05) is 91.0 Å². The van der Waals surface area contributed by atoms with Crippen LogP contribution in [0.25, 0.3) is 0 Å². The summed E-state index contributed by atoms with van der Waals surface area (Å²) in [6, 6.07) is 29.7. The maximum absolute atomic E-state index is 12.5. The summed E-state index contributed by atoms with van der Waals surface area (Å²) in [5.74, 6) is 0.0133. The summed E-state index contributed by atoms with van der Waals surface area (Å²) in [6.45, 7) is 0.450. The first-order chi connectivity index (χ1) is 13.2. The molecule has 3 nitrogen and oxygen atoms in total. The molecule has 2 N–H and O–H groups in total. The molecule has 27 heavy (non-hydrogen) atoms. The highest BCUT2D eigenvalue weighted by molar-refractivity contribution is 5.77. The Hall–Kier alpha value is -2.91. The molecule has 1 atom stereocenters. The van der Waals surface area contributed by atoms with Crippen LogP contribution in [0.3, 0.4) is 0 Å². The molecular weight excluding hydrogens is 334 g/mol. The molecule has 0 aromatic heterocycles. The van der Waals surface area contributed by atoms with Crippen molar-refractivity contribution in [1.82, 2.24) is 5.32 Å². The van der Waals surface area contributed by atoms with E-state index >= 15 is 0 Å². The summed E-state index contributed by atoms with van der Waals surface area (Å²) in [6.07, 6.45) is 0.317. The van der Waals surface area contributed by atoms with Crippen LogP contribution >= 0.6 is 0 Å². The van der Waals surface area contributed by atoms with Gasteiger partial charge in [-0.25, -0.2) is 0 Å². The van der Waals surface area contributed by atoms with Gasteiger partial charge in [0.05, 0.1) is 6.10 Å². The zero-order valence-corrected chi connectivity index (χ0v) is 15.3. The molecule has 0 saturated heterocycles. The molecule has 3 heteroatoms. The van der Waals surface area contributed by atoms with Gasteiger partial charge in [-0.15, -0.1) is 0 Å². The normalized spacial score (nSPS) is 11.9. The van der Waals surface area contributed by atoms with E-state index in [2.05, 4.69) is 29.6 Å². The van der Waals surface area contributed by atoms with Gasteiger partial charge in [0.1, 0.15) is 0 Å². The van der Waals surface area contributed by atoms with Crippen molar-refractivity contribution in [3.05, 3.63) is 108 Å². The quantitative estimate of drug-likeness (QED) is 0.624. The van der Waals surface area contributed by atoms with Crippen molar-refractivity contribution in [3.63, 3.8) is 0 Å². The Kier molecular flexibility index (Phi) is 6.78. The Bertz CT molecular complexity index is 779. The summed E-state index contributed by atoms with van der Waals surface area (Å²) in [5, 5.41) is 13.2. The first-order valence-electron chi connectivity index (χ1n) is 9.33. The largest absolute Gasteiger partial charge is 0.388 e. The minimum absolute atomic E-state index is 0.00651. The van der Waals surface area contributed by atoms with Crippen LogP contribution in [0.1, 0.15) is 41.6 Å². The zero-order valence-electron chi connectivity index (χ0n) is 15.3. The number of hydrogen-bond donors (Lipinski definition) is 2. The summed E-state index contributed by atoms with van der Waals surface area (Å²) in [5.41, 5.74) is 3.13. The highest BCUT2D eigenvalue weighted by Crippen LogP contribution is 2.27. The van der Waals surface area contributed by atoms with Crippen LogP contribution in [0.15, 0.2) is 91.0 Å². The van der Waals surface area contributed by atoms with E-state index in [-0.39, 0.29) is 11.8 Å². The number of nitrogens with one attached hydrogen (secondary N) is 1. The van der Waals surface area contributed by atoms with Crippen LogP contribution in [-0.2, 0) is 4.79 Å². The lowest BCUT2D eigenvalue weighted by atomic mass is 9.88. The van der Waals surface area contributed by atoms with Gasteiger partial charge < -0.3 is 10.4 Å². The average molecular weight is 359 g/mol. The standard InChI is InChI=1S/C24H25NO2/c26-23(21-14-8-3-9-15-21)16-17-25-24(27)18-22(19-10-4-1-5-11-19)20-12-6-2-7-13-20/h1-15,22-23,26H,16-18H2,(H,25,27)/t23-/m0/s1. The fourth-order valence-corrected chi connectivity index (χ4v) is 3.25. The second kappa shape index (κ2) is 9.70. The summed E-state index contributed by atoms with van der Waals surface area (Å²) in [7, 11) is 0. The Labute approximate surface area is 160 Å². The lowest BCUT2D eigenvalue weighted by molar-refractivity contribution is -0.121. The molecule has 0 aliphatic heterocycles. The molecule has 1 amide bonds. The van der Waals surface area contributed by atoms with Crippen LogP contribution in [0.4, 0.5) is 0 Å². The Morgan fingerprint density at radius 3 is 1.67 bits per heavy atom. The topological polar surface area (TPSA) is 49.3 Å². The number of rotatable bonds is 8. The molecule has 0 fully saturated rings. The fourth-order valence-electron chi connectivity index (χ4n) is 3.25. The van der Waals surface area contributed by atoms with E-state index in [9.17, 15) is 9.90 Å². The molecule has 0 bridgehead atoms. The predicted octanol–water partition coefficient (Wildman–Crippen LogP) is 4.45. The molecule has 138 valence electrons. The first-order valence-corrected chi connectivity index (χ1v) is 9.33. The molecule has 0 heterocycles. The van der Waals surface area contributed by atoms with Gasteiger partial charge in [0.2, 0.25) is 5.91 Å². The molecule has 0 aliphatic rings. The van der Waals surface area contributed by atoms with E-state index in [1.54, 1.807) is 0 Å². The maximum Gasteiger partial charge on any atom is 0.220 e. The minimum Gasteiger partial charge on any atom is -0.388 e. The summed E-state index contributed by atoms with van der Waals surface area (Å²) < 4.78 is 0. The van der Waals surface area contributed by atoms with Gasteiger partial charge in [0, 0.05) is 18.9 Å². The number of carbonyl (C=O) groups is 1. The second-order valence-corrected chi connectivity index (χ2v) is 6.64. The lowest BCUT2D eigenvalue weighted by Crippen LogP contribution is -2.27. The Morgan fingerprint density at radius 2 is 1.19 bits per heavy atom. The smallest absolute Gasteiger partial charge is 0.220 e. The molecule has 3 rings (SSSR count). The predicted molar refractivity (Wildman–Crippen MR) is 108 cm³/mol. The molecule has 0 radical (unpaired) electrons. The lowest BCUT2D eigenvalue weighted by Gasteiger charge is -2.18. The summed E-state index contributed by atoms with van der Waals surface area (Å²) >= 11 is 0. The summed E-state index contributed by atoms with van der Waals surface area (Å²) in [4.78, 5) is 12.5. The molecular formula is C24H25NO2. The van der Waals surface area contributed by atoms with Gasteiger partial charge in [0.15, 0.2) is 0 Å². The fraction of sp³-hybridized carbons (Fsp3) is 0.208. The van der Waals surface area contributed by atoms with Gasteiger partial charge in [-0.3, -0.25) is 4.79 Å². The molecule has 3 aromatic carbocycles. The first kappa shape index (κ1) is 18.9. The van der Waals surface area contributed by atoms with Gasteiger partial charge in [-0.2, -0.15) is 0 Å².